The second-order valence-corrected chi connectivity index (χ2v) is 8.31. The Morgan fingerprint density at radius 2 is 1.57 bits per heavy atom. The summed E-state index contributed by atoms with van der Waals surface area (Å²) in [6.07, 6.45) is -4.94. The molecule has 0 amide bonds. The van der Waals surface area contributed by atoms with Crippen molar-refractivity contribution in [2.45, 2.75) is 55.3 Å². The Hall–Kier alpha value is -1.59. The van der Waals surface area contributed by atoms with E-state index in [-0.39, 0.29) is 13.2 Å². The Morgan fingerprint density at radius 3 is 2.03 bits per heavy atom. The lowest BCUT2D eigenvalue weighted by Crippen LogP contribution is -2.63. The second-order valence-electron chi connectivity index (χ2n) is 6.02. The second kappa shape index (κ2) is 11.7. The van der Waals surface area contributed by atoms with Crippen LogP contribution in [0, 0.1) is 5.41 Å². The molecule has 0 aromatic rings. The number of rotatable bonds is 8. The molecule has 0 saturated carbocycles. The number of alkyl halides is 3. The van der Waals surface area contributed by atoms with E-state index in [1.54, 1.807) is 0 Å². The van der Waals surface area contributed by atoms with Crippen molar-refractivity contribution in [3.8, 4) is 0 Å². The molecule has 1 aliphatic heterocycles. The predicted octanol–water partition coefficient (Wildman–Crippen LogP) is 2.07. The highest BCUT2D eigenvalue weighted by atomic mass is 35.6. The van der Waals surface area contributed by atoms with Crippen molar-refractivity contribution in [2.24, 2.45) is 0 Å². The third-order valence-electron chi connectivity index (χ3n) is 3.54. The summed E-state index contributed by atoms with van der Waals surface area (Å²) in [6, 6.07) is 0. The zero-order valence-corrected chi connectivity index (χ0v) is 18.7. The van der Waals surface area contributed by atoms with Crippen molar-refractivity contribution < 1.29 is 42.8 Å². The molecule has 0 bridgehead atoms. The van der Waals surface area contributed by atoms with Crippen LogP contribution in [0.5, 0.6) is 0 Å². The van der Waals surface area contributed by atoms with Gasteiger partial charge in [-0.3, -0.25) is 19.8 Å². The maximum absolute atomic E-state index is 11.7. The van der Waals surface area contributed by atoms with Crippen LogP contribution in [0.25, 0.3) is 0 Å². The van der Waals surface area contributed by atoms with Crippen molar-refractivity contribution in [1.82, 2.24) is 0 Å². The third-order valence-corrected chi connectivity index (χ3v) is 4.06. The molecule has 10 nitrogen and oxygen atoms in total. The van der Waals surface area contributed by atoms with Gasteiger partial charge in [0.25, 0.3) is 3.79 Å². The average Bonchev–Trinajstić information content (AvgIpc) is 2.60. The number of ether oxygens (including phenoxy) is 6. The molecule has 1 heterocycles. The first kappa shape index (κ1) is 26.4. The molecule has 1 rings (SSSR count). The summed E-state index contributed by atoms with van der Waals surface area (Å²) < 4.78 is 29.9. The van der Waals surface area contributed by atoms with E-state index >= 15 is 0 Å². The van der Waals surface area contributed by atoms with Gasteiger partial charge in [-0.05, 0) is 0 Å². The van der Waals surface area contributed by atoms with Gasteiger partial charge in [-0.25, -0.2) is 0 Å². The maximum Gasteiger partial charge on any atom is 0.303 e. The van der Waals surface area contributed by atoms with Gasteiger partial charge in [0.05, 0.1) is 6.61 Å². The fourth-order valence-corrected chi connectivity index (χ4v) is 2.64. The summed E-state index contributed by atoms with van der Waals surface area (Å²) in [7, 11) is 0. The van der Waals surface area contributed by atoms with E-state index in [1.165, 1.54) is 6.08 Å². The zero-order chi connectivity index (χ0) is 23.1. The SMILES string of the molecule is C=CCO[C@H]1C(OC(=N)C(Cl)(Cl)Cl)O[C@H](COC(C)=O)[C@H](OC(C)=O)[C@@H]1OC(C)=O. The Kier molecular flexibility index (Phi) is 10.3. The Balaban J connectivity index is 3.33. The van der Waals surface area contributed by atoms with Crippen LogP contribution >= 0.6 is 34.8 Å². The summed E-state index contributed by atoms with van der Waals surface area (Å²) in [6.45, 7) is 6.51. The number of halogens is 3. The Labute approximate surface area is 188 Å². The number of hydrogen-bond acceptors (Lipinski definition) is 10. The highest BCUT2D eigenvalue weighted by Crippen LogP contribution is 2.33. The molecule has 5 atom stereocenters. The van der Waals surface area contributed by atoms with Gasteiger partial charge in [-0.2, -0.15) is 0 Å². The van der Waals surface area contributed by atoms with E-state index in [4.69, 9.17) is 68.6 Å². The normalized spacial score (nSPS) is 26.3. The van der Waals surface area contributed by atoms with Crippen molar-refractivity contribution in [1.29, 1.82) is 5.41 Å². The van der Waals surface area contributed by atoms with Crippen LogP contribution in [0.2, 0.25) is 0 Å². The summed E-state index contributed by atoms with van der Waals surface area (Å²) in [5, 5.41) is 7.80. The molecule has 1 N–H and O–H groups in total. The monoisotopic (exact) mass is 489 g/mol. The number of esters is 3. The minimum atomic E-state index is -2.22. The molecule has 30 heavy (non-hydrogen) atoms. The van der Waals surface area contributed by atoms with Crippen molar-refractivity contribution >= 4 is 58.6 Å². The molecule has 0 aromatic heterocycles. The molecule has 0 spiro atoms. The lowest BCUT2D eigenvalue weighted by molar-refractivity contribution is -0.295. The highest BCUT2D eigenvalue weighted by Gasteiger charge is 2.53. The average molecular weight is 491 g/mol. The smallest absolute Gasteiger partial charge is 0.303 e. The molecule has 170 valence electrons. The van der Waals surface area contributed by atoms with E-state index in [0.29, 0.717) is 0 Å². The quantitative estimate of drug-likeness (QED) is 0.136. The van der Waals surface area contributed by atoms with Gasteiger partial charge in [0.1, 0.15) is 12.7 Å². The number of carbonyl (C=O) groups excluding carboxylic acids is 3. The van der Waals surface area contributed by atoms with Crippen LogP contribution in [-0.2, 0) is 42.8 Å². The van der Waals surface area contributed by atoms with Gasteiger partial charge < -0.3 is 28.4 Å². The van der Waals surface area contributed by atoms with Crippen LogP contribution in [0.15, 0.2) is 12.7 Å². The van der Waals surface area contributed by atoms with Gasteiger partial charge >= 0.3 is 17.9 Å². The minimum Gasteiger partial charge on any atom is -0.463 e. The highest BCUT2D eigenvalue weighted by molar-refractivity contribution is 6.76. The van der Waals surface area contributed by atoms with Gasteiger partial charge in [0, 0.05) is 20.8 Å². The molecule has 0 aromatic carbocycles. The fourth-order valence-electron chi connectivity index (χ4n) is 2.50. The third kappa shape index (κ3) is 8.27. The standard InChI is InChI=1S/C17H22Cl3NO9/c1-5-6-25-14-13(28-10(4)24)12(27-9(3)23)11(7-26-8(2)22)29-15(14)30-16(21)17(18,19)20/h5,11-15,21H,1,6-7H2,2-4H3/t11-,12+,13+,14-,15?/m1/s1. The van der Waals surface area contributed by atoms with E-state index in [1.807, 2.05) is 0 Å². The number of carbonyl (C=O) groups is 3. The van der Waals surface area contributed by atoms with Crippen LogP contribution in [0.4, 0.5) is 0 Å². The molecule has 0 radical (unpaired) electrons. The molecule has 1 fully saturated rings. The minimum absolute atomic E-state index is 0.0475. The molecule has 1 saturated heterocycles. The van der Waals surface area contributed by atoms with Crippen molar-refractivity contribution in [3.05, 3.63) is 12.7 Å². The van der Waals surface area contributed by atoms with Crippen LogP contribution < -0.4 is 0 Å². The van der Waals surface area contributed by atoms with E-state index < -0.39 is 58.3 Å². The predicted molar refractivity (Wildman–Crippen MR) is 105 cm³/mol. The van der Waals surface area contributed by atoms with Crippen LogP contribution in [-0.4, -0.2) is 71.5 Å². The largest absolute Gasteiger partial charge is 0.463 e. The van der Waals surface area contributed by atoms with E-state index in [2.05, 4.69) is 6.58 Å². The van der Waals surface area contributed by atoms with E-state index in [0.717, 1.165) is 20.8 Å². The van der Waals surface area contributed by atoms with E-state index in [9.17, 15) is 14.4 Å². The first-order chi connectivity index (χ1) is 13.9. The molecular weight excluding hydrogens is 469 g/mol. The summed E-state index contributed by atoms with van der Waals surface area (Å²) in [5.74, 6) is -2.89. The lowest BCUT2D eigenvalue weighted by Gasteiger charge is -2.44. The Bertz CT molecular complexity index is 667. The van der Waals surface area contributed by atoms with Gasteiger partial charge in [0.15, 0.2) is 18.3 Å². The fraction of sp³-hybridized carbons (Fsp3) is 0.647. The maximum atomic E-state index is 11.7. The molecule has 1 aliphatic rings. The first-order valence-corrected chi connectivity index (χ1v) is 9.68. The molecular formula is C17H22Cl3NO9. The summed E-state index contributed by atoms with van der Waals surface area (Å²) in [4.78, 5) is 34.6. The van der Waals surface area contributed by atoms with Crippen LogP contribution in [0.1, 0.15) is 20.8 Å². The zero-order valence-electron chi connectivity index (χ0n) is 16.4. The topological polar surface area (TPSA) is 130 Å². The van der Waals surface area contributed by atoms with Gasteiger partial charge in [0.2, 0.25) is 12.2 Å². The molecule has 1 unspecified atom stereocenters. The summed E-state index contributed by atoms with van der Waals surface area (Å²) >= 11 is 17.0. The number of hydrogen-bond donors (Lipinski definition) is 1. The van der Waals surface area contributed by atoms with Crippen molar-refractivity contribution in [2.75, 3.05) is 13.2 Å². The number of nitrogens with one attached hydrogen (secondary N) is 1. The lowest BCUT2D eigenvalue weighted by atomic mass is 9.98. The van der Waals surface area contributed by atoms with Gasteiger partial charge in [-0.15, -0.1) is 6.58 Å². The molecule has 13 heteroatoms. The van der Waals surface area contributed by atoms with Gasteiger partial charge in [-0.1, -0.05) is 40.9 Å². The summed E-state index contributed by atoms with van der Waals surface area (Å²) in [5.41, 5.74) is 0. The molecule has 0 aliphatic carbocycles. The van der Waals surface area contributed by atoms with Crippen molar-refractivity contribution in [3.63, 3.8) is 0 Å². The first-order valence-electron chi connectivity index (χ1n) is 8.55. The Morgan fingerprint density at radius 1 is 1.00 bits per heavy atom. The van der Waals surface area contributed by atoms with Crippen LogP contribution in [0.3, 0.4) is 0 Å².